The molecule has 0 radical (unpaired) electrons. The molecule has 2 aromatic carbocycles. The highest BCUT2D eigenvalue weighted by Crippen LogP contribution is 2.40. The molecule has 5 rings (SSSR count). The van der Waals surface area contributed by atoms with Crippen LogP contribution < -0.4 is 15.2 Å². The van der Waals surface area contributed by atoms with Crippen LogP contribution in [-0.4, -0.2) is 48.7 Å². The summed E-state index contributed by atoms with van der Waals surface area (Å²) in [4.78, 5) is 20.5. The van der Waals surface area contributed by atoms with E-state index >= 15 is 0 Å². The Hall–Kier alpha value is -2.83. The van der Waals surface area contributed by atoms with Gasteiger partial charge < -0.3 is 14.6 Å². The van der Waals surface area contributed by atoms with Crippen molar-refractivity contribution < 1.29 is 4.74 Å². The first-order valence-electron chi connectivity index (χ1n) is 11.1. The topological polar surface area (TPSA) is 48.6 Å². The molecule has 0 saturated carbocycles. The number of hydrogen-bond acceptors (Lipinski definition) is 5. The summed E-state index contributed by atoms with van der Waals surface area (Å²) in [7, 11) is 1.70. The molecule has 166 valence electrons. The second kappa shape index (κ2) is 7.94. The van der Waals surface area contributed by atoms with Gasteiger partial charge in [0.1, 0.15) is 10.4 Å². The lowest BCUT2D eigenvalue weighted by molar-refractivity contribution is 0.128. The molecule has 0 unspecified atom stereocenters. The van der Waals surface area contributed by atoms with E-state index in [-0.39, 0.29) is 11.1 Å². The fraction of sp³-hybridized carbons (Fsp3) is 0.346. The van der Waals surface area contributed by atoms with Gasteiger partial charge in [-0.05, 0) is 62.0 Å². The Labute approximate surface area is 192 Å². The second-order valence-corrected chi connectivity index (χ2v) is 10.3. The highest BCUT2D eigenvalue weighted by atomic mass is 32.1. The summed E-state index contributed by atoms with van der Waals surface area (Å²) in [5.41, 5.74) is 4.37. The van der Waals surface area contributed by atoms with E-state index in [9.17, 15) is 4.79 Å². The van der Waals surface area contributed by atoms with Crippen LogP contribution in [0.5, 0.6) is 5.75 Å². The fourth-order valence-electron chi connectivity index (χ4n) is 4.76. The van der Waals surface area contributed by atoms with Crippen molar-refractivity contribution in [3.8, 4) is 16.9 Å². The first kappa shape index (κ1) is 21.0. The molecule has 5 nitrogen and oxygen atoms in total. The van der Waals surface area contributed by atoms with Crippen molar-refractivity contribution in [2.45, 2.75) is 26.3 Å². The van der Waals surface area contributed by atoms with Crippen LogP contribution in [0.3, 0.4) is 0 Å². The monoisotopic (exact) mass is 447 g/mol. The van der Waals surface area contributed by atoms with Gasteiger partial charge in [0.15, 0.2) is 0 Å². The normalized spacial score (nSPS) is 15.6. The minimum Gasteiger partial charge on any atom is -0.496 e. The van der Waals surface area contributed by atoms with Crippen molar-refractivity contribution in [2.75, 3.05) is 38.2 Å². The number of thiophene rings is 1. The van der Waals surface area contributed by atoms with Gasteiger partial charge in [0.05, 0.1) is 7.11 Å². The molecule has 0 bridgehead atoms. The van der Waals surface area contributed by atoms with Crippen molar-refractivity contribution >= 4 is 38.0 Å². The number of hydrogen-bond donors (Lipinski definition) is 1. The number of rotatable bonds is 3. The Bertz CT molecular complexity index is 1320. The fourth-order valence-corrected chi connectivity index (χ4v) is 5.55. The first-order chi connectivity index (χ1) is 15.4. The molecule has 2 aromatic heterocycles. The highest BCUT2D eigenvalue weighted by molar-refractivity contribution is 7.17. The van der Waals surface area contributed by atoms with Crippen LogP contribution in [0.25, 0.3) is 32.1 Å². The van der Waals surface area contributed by atoms with Crippen molar-refractivity contribution in [3.05, 3.63) is 58.2 Å². The Morgan fingerprint density at radius 2 is 1.69 bits per heavy atom. The number of pyridine rings is 1. The number of nitrogens with zero attached hydrogens (tertiary/aromatic N) is 2. The third kappa shape index (κ3) is 3.57. The van der Waals surface area contributed by atoms with Crippen LogP contribution in [-0.2, 0) is 0 Å². The lowest BCUT2D eigenvalue weighted by atomic mass is 9.97. The Morgan fingerprint density at radius 3 is 2.34 bits per heavy atom. The molecular weight excluding hydrogens is 418 g/mol. The molecule has 0 aliphatic carbocycles. The van der Waals surface area contributed by atoms with Crippen LogP contribution in [0, 0.1) is 0 Å². The molecule has 0 atom stereocenters. The average Bonchev–Trinajstić information content (AvgIpc) is 3.29. The smallest absolute Gasteiger partial charge is 0.266 e. The second-order valence-electron chi connectivity index (χ2n) is 9.37. The maximum Gasteiger partial charge on any atom is 0.266 e. The molecule has 1 N–H and O–H groups in total. The van der Waals surface area contributed by atoms with Crippen LogP contribution in [0.2, 0.25) is 0 Å². The van der Waals surface area contributed by atoms with Crippen LogP contribution in [0.15, 0.2) is 52.6 Å². The molecule has 6 heteroatoms. The van der Waals surface area contributed by atoms with Crippen LogP contribution in [0.4, 0.5) is 5.69 Å². The van der Waals surface area contributed by atoms with Gasteiger partial charge >= 0.3 is 0 Å². The minimum atomic E-state index is -0.0386. The molecule has 32 heavy (non-hydrogen) atoms. The lowest BCUT2D eigenvalue weighted by Crippen LogP contribution is -2.53. The van der Waals surface area contributed by atoms with Crippen LogP contribution >= 0.6 is 11.3 Å². The molecule has 3 heterocycles. The van der Waals surface area contributed by atoms with E-state index in [2.05, 4.69) is 59.8 Å². The maximum atomic E-state index is 12.5. The lowest BCUT2D eigenvalue weighted by Gasteiger charge is -2.43. The Morgan fingerprint density at radius 1 is 0.969 bits per heavy atom. The molecule has 4 aromatic rings. The molecule has 1 saturated heterocycles. The molecule has 1 aliphatic rings. The van der Waals surface area contributed by atoms with E-state index in [0.717, 1.165) is 64.0 Å². The summed E-state index contributed by atoms with van der Waals surface area (Å²) >= 11 is 1.47. The van der Waals surface area contributed by atoms with Gasteiger partial charge in [-0.25, -0.2) is 0 Å². The number of aromatic nitrogens is 1. The number of ether oxygens (including phenoxy) is 1. The number of piperazine rings is 1. The van der Waals surface area contributed by atoms with E-state index in [4.69, 9.17) is 4.74 Å². The van der Waals surface area contributed by atoms with Gasteiger partial charge in [-0.2, -0.15) is 0 Å². The van der Waals surface area contributed by atoms with Gasteiger partial charge in [0.2, 0.25) is 0 Å². The van der Waals surface area contributed by atoms with E-state index in [1.807, 2.05) is 23.6 Å². The Kier molecular flexibility index (Phi) is 5.22. The average molecular weight is 448 g/mol. The third-order valence-corrected chi connectivity index (χ3v) is 7.44. The number of aromatic amines is 1. The highest BCUT2D eigenvalue weighted by Gasteiger charge is 2.26. The molecule has 0 spiro atoms. The van der Waals surface area contributed by atoms with Gasteiger partial charge in [-0.1, -0.05) is 12.1 Å². The standard InChI is InChI=1S/C26H29N3O2S/c1-26(2,3)29-14-12-28(13-15-29)18-7-5-17(6-8-18)22-21(31-4)10-9-20-23(22)19-11-16-32-24(19)25(30)27-20/h5-11,16H,12-15H2,1-4H3,(H,27,30). The van der Waals surface area contributed by atoms with Gasteiger partial charge in [0, 0.05) is 59.3 Å². The van der Waals surface area contributed by atoms with Crippen molar-refractivity contribution in [1.82, 2.24) is 9.88 Å². The number of H-pyrrole nitrogens is 1. The van der Waals surface area contributed by atoms with Crippen molar-refractivity contribution in [1.29, 1.82) is 0 Å². The molecule has 1 fully saturated rings. The van der Waals surface area contributed by atoms with E-state index in [1.165, 1.54) is 17.0 Å². The van der Waals surface area contributed by atoms with E-state index in [0.29, 0.717) is 0 Å². The molecular formula is C26H29N3O2S. The summed E-state index contributed by atoms with van der Waals surface area (Å²) in [6.07, 6.45) is 0. The quantitative estimate of drug-likeness (QED) is 0.461. The van der Waals surface area contributed by atoms with Gasteiger partial charge in [-0.3, -0.25) is 9.69 Å². The zero-order valence-electron chi connectivity index (χ0n) is 19.1. The Balaban J connectivity index is 1.54. The largest absolute Gasteiger partial charge is 0.496 e. The number of benzene rings is 2. The zero-order valence-corrected chi connectivity index (χ0v) is 19.9. The summed E-state index contributed by atoms with van der Waals surface area (Å²) in [5.74, 6) is 0.809. The van der Waals surface area contributed by atoms with Crippen LogP contribution in [0.1, 0.15) is 20.8 Å². The van der Waals surface area contributed by atoms with Gasteiger partial charge in [-0.15, -0.1) is 11.3 Å². The van der Waals surface area contributed by atoms with E-state index < -0.39 is 0 Å². The summed E-state index contributed by atoms with van der Waals surface area (Å²) in [5, 5.41) is 3.99. The molecule has 0 amide bonds. The number of nitrogens with one attached hydrogen (secondary N) is 1. The summed E-state index contributed by atoms with van der Waals surface area (Å²) < 4.78 is 6.50. The first-order valence-corrected chi connectivity index (χ1v) is 12.0. The minimum absolute atomic E-state index is 0.0386. The van der Waals surface area contributed by atoms with E-state index in [1.54, 1.807) is 7.11 Å². The maximum absolute atomic E-state index is 12.5. The SMILES string of the molecule is COc1ccc2[nH]c(=O)c3sccc3c2c1-c1ccc(N2CCN(C(C)(C)C)CC2)cc1. The van der Waals surface area contributed by atoms with Crippen molar-refractivity contribution in [2.24, 2.45) is 0 Å². The number of methoxy groups -OCH3 is 1. The number of anilines is 1. The predicted molar refractivity (Wildman–Crippen MR) is 135 cm³/mol. The number of fused-ring (bicyclic) bond motifs is 3. The van der Waals surface area contributed by atoms with Crippen molar-refractivity contribution in [3.63, 3.8) is 0 Å². The summed E-state index contributed by atoms with van der Waals surface area (Å²) in [6.45, 7) is 11.1. The predicted octanol–water partition coefficient (Wildman–Crippen LogP) is 5.34. The molecule has 1 aliphatic heterocycles. The third-order valence-electron chi connectivity index (χ3n) is 6.53. The van der Waals surface area contributed by atoms with Gasteiger partial charge in [0.25, 0.3) is 5.56 Å². The summed E-state index contributed by atoms with van der Waals surface area (Å²) in [6, 6.07) is 14.7. The zero-order chi connectivity index (χ0) is 22.5.